The van der Waals surface area contributed by atoms with E-state index < -0.39 is 6.10 Å². The highest BCUT2D eigenvalue weighted by Gasteiger charge is 2.13. The topological polar surface area (TPSA) is 57.2 Å². The Morgan fingerprint density at radius 1 is 0.632 bits per heavy atom. The standard InChI is InChI=1S/C33H34O5/c1-3-35-28-18-19-30(33(22-28)36-4-2)31(34)20-16-27-15-17-29(37-23-25-11-7-5-8-12-25)21-32(27)38-24-26-13-9-6-10-14-26/h5-22,31,34H,3-4,23-24H2,1-2H3. The van der Waals surface area contributed by atoms with Gasteiger partial charge in [-0.15, -0.1) is 0 Å². The van der Waals surface area contributed by atoms with Gasteiger partial charge in [-0.1, -0.05) is 72.8 Å². The molecule has 1 N–H and O–H groups in total. The Morgan fingerprint density at radius 2 is 1.21 bits per heavy atom. The summed E-state index contributed by atoms with van der Waals surface area (Å²) in [6.45, 7) is 5.77. The maximum atomic E-state index is 11.0. The van der Waals surface area contributed by atoms with E-state index in [1.807, 2.05) is 117 Å². The summed E-state index contributed by atoms with van der Waals surface area (Å²) in [4.78, 5) is 0. The molecule has 0 aliphatic heterocycles. The number of hydrogen-bond donors (Lipinski definition) is 1. The van der Waals surface area contributed by atoms with Crippen LogP contribution in [-0.2, 0) is 13.2 Å². The van der Waals surface area contributed by atoms with E-state index in [9.17, 15) is 5.11 Å². The highest BCUT2D eigenvalue weighted by atomic mass is 16.5. The largest absolute Gasteiger partial charge is 0.494 e. The fourth-order valence-electron chi connectivity index (χ4n) is 3.94. The van der Waals surface area contributed by atoms with Gasteiger partial charge in [-0.25, -0.2) is 0 Å². The zero-order valence-corrected chi connectivity index (χ0v) is 21.9. The maximum Gasteiger partial charge on any atom is 0.130 e. The Bertz CT molecular complexity index is 1300. The van der Waals surface area contributed by atoms with Crippen LogP contribution in [0.15, 0.2) is 103 Å². The van der Waals surface area contributed by atoms with Gasteiger partial charge < -0.3 is 24.1 Å². The van der Waals surface area contributed by atoms with Crippen LogP contribution in [0.5, 0.6) is 23.0 Å². The molecule has 1 unspecified atom stereocenters. The van der Waals surface area contributed by atoms with Crippen LogP contribution in [0.25, 0.3) is 6.08 Å². The van der Waals surface area contributed by atoms with Crippen molar-refractivity contribution in [2.75, 3.05) is 13.2 Å². The molecule has 0 spiro atoms. The van der Waals surface area contributed by atoms with Crippen LogP contribution in [0.3, 0.4) is 0 Å². The molecule has 0 aliphatic rings. The van der Waals surface area contributed by atoms with E-state index in [1.165, 1.54) is 0 Å². The van der Waals surface area contributed by atoms with Crippen molar-refractivity contribution in [2.45, 2.75) is 33.2 Å². The second-order valence-electron chi connectivity index (χ2n) is 8.62. The van der Waals surface area contributed by atoms with Gasteiger partial charge in [-0.05, 0) is 49.2 Å². The normalized spacial score (nSPS) is 11.8. The quantitative estimate of drug-likeness (QED) is 0.203. The predicted molar refractivity (Wildman–Crippen MR) is 151 cm³/mol. The number of hydrogen-bond acceptors (Lipinski definition) is 5. The lowest BCUT2D eigenvalue weighted by Gasteiger charge is -2.15. The van der Waals surface area contributed by atoms with Gasteiger partial charge in [0.15, 0.2) is 0 Å². The molecule has 4 aromatic rings. The minimum atomic E-state index is -0.872. The second kappa shape index (κ2) is 13.9. The first kappa shape index (κ1) is 26.8. The van der Waals surface area contributed by atoms with Crippen molar-refractivity contribution in [1.29, 1.82) is 0 Å². The number of rotatable bonds is 13. The Balaban J connectivity index is 1.55. The van der Waals surface area contributed by atoms with Crippen LogP contribution in [0.2, 0.25) is 0 Å². The van der Waals surface area contributed by atoms with Crippen molar-refractivity contribution >= 4 is 6.08 Å². The van der Waals surface area contributed by atoms with E-state index in [4.69, 9.17) is 18.9 Å². The first-order valence-electron chi connectivity index (χ1n) is 12.9. The van der Waals surface area contributed by atoms with Crippen LogP contribution in [-0.4, -0.2) is 18.3 Å². The lowest BCUT2D eigenvalue weighted by atomic mass is 10.1. The van der Waals surface area contributed by atoms with Crippen LogP contribution in [0.1, 0.15) is 42.2 Å². The summed E-state index contributed by atoms with van der Waals surface area (Å²) in [5.74, 6) is 2.68. The summed E-state index contributed by atoms with van der Waals surface area (Å²) in [5, 5.41) is 11.0. The molecular formula is C33H34O5. The van der Waals surface area contributed by atoms with Crippen LogP contribution in [0.4, 0.5) is 0 Å². The average molecular weight is 511 g/mol. The van der Waals surface area contributed by atoms with Crippen molar-refractivity contribution in [1.82, 2.24) is 0 Å². The van der Waals surface area contributed by atoms with E-state index in [1.54, 1.807) is 6.08 Å². The van der Waals surface area contributed by atoms with E-state index >= 15 is 0 Å². The summed E-state index contributed by atoms with van der Waals surface area (Å²) < 4.78 is 23.6. The van der Waals surface area contributed by atoms with Gasteiger partial charge in [-0.2, -0.15) is 0 Å². The molecule has 5 heteroatoms. The fourth-order valence-corrected chi connectivity index (χ4v) is 3.94. The molecule has 38 heavy (non-hydrogen) atoms. The first-order chi connectivity index (χ1) is 18.7. The maximum absolute atomic E-state index is 11.0. The zero-order valence-electron chi connectivity index (χ0n) is 21.9. The van der Waals surface area contributed by atoms with Gasteiger partial charge in [0.1, 0.15) is 42.3 Å². The lowest BCUT2D eigenvalue weighted by Crippen LogP contribution is -2.02. The van der Waals surface area contributed by atoms with Crippen molar-refractivity contribution in [2.24, 2.45) is 0 Å². The Kier molecular flexibility index (Phi) is 9.82. The highest BCUT2D eigenvalue weighted by molar-refractivity contribution is 5.60. The molecule has 196 valence electrons. The fraction of sp³-hybridized carbons (Fsp3) is 0.212. The predicted octanol–water partition coefficient (Wildman–Crippen LogP) is 7.39. The number of benzene rings is 4. The summed E-state index contributed by atoms with van der Waals surface area (Å²) in [6, 6.07) is 31.3. The Hall–Kier alpha value is -4.22. The SMILES string of the molecule is CCOc1ccc(C(O)C=Cc2ccc(OCc3ccccc3)cc2OCc2ccccc2)c(OCC)c1. The average Bonchev–Trinajstić information content (AvgIpc) is 2.96. The molecule has 0 heterocycles. The molecule has 0 saturated heterocycles. The van der Waals surface area contributed by atoms with Gasteiger partial charge in [-0.3, -0.25) is 0 Å². The van der Waals surface area contributed by atoms with E-state index in [0.29, 0.717) is 55.0 Å². The molecule has 0 fully saturated rings. The summed E-state index contributed by atoms with van der Waals surface area (Å²) >= 11 is 0. The van der Waals surface area contributed by atoms with E-state index in [2.05, 4.69) is 0 Å². The van der Waals surface area contributed by atoms with Crippen molar-refractivity contribution < 1.29 is 24.1 Å². The summed E-state index contributed by atoms with van der Waals surface area (Å²) in [6.07, 6.45) is 2.72. The third-order valence-corrected chi connectivity index (χ3v) is 5.84. The number of aliphatic hydroxyl groups excluding tert-OH is 1. The van der Waals surface area contributed by atoms with Crippen LogP contribution in [0, 0.1) is 0 Å². The van der Waals surface area contributed by atoms with Gasteiger partial charge in [0.25, 0.3) is 0 Å². The molecule has 0 radical (unpaired) electrons. The highest BCUT2D eigenvalue weighted by Crippen LogP contribution is 2.33. The molecule has 5 nitrogen and oxygen atoms in total. The van der Waals surface area contributed by atoms with Crippen molar-refractivity contribution in [3.63, 3.8) is 0 Å². The molecule has 0 aromatic heterocycles. The van der Waals surface area contributed by atoms with Crippen LogP contribution >= 0.6 is 0 Å². The number of ether oxygens (including phenoxy) is 4. The van der Waals surface area contributed by atoms with Gasteiger partial charge >= 0.3 is 0 Å². The monoisotopic (exact) mass is 510 g/mol. The molecule has 4 aromatic carbocycles. The molecule has 4 rings (SSSR count). The first-order valence-corrected chi connectivity index (χ1v) is 12.9. The molecular weight excluding hydrogens is 476 g/mol. The molecule has 0 aliphatic carbocycles. The molecule has 1 atom stereocenters. The van der Waals surface area contributed by atoms with Gasteiger partial charge in [0.2, 0.25) is 0 Å². The lowest BCUT2D eigenvalue weighted by molar-refractivity contribution is 0.220. The molecule has 0 saturated carbocycles. The summed E-state index contributed by atoms with van der Waals surface area (Å²) in [5.41, 5.74) is 3.65. The van der Waals surface area contributed by atoms with Crippen molar-refractivity contribution in [3.8, 4) is 23.0 Å². The summed E-state index contributed by atoms with van der Waals surface area (Å²) in [7, 11) is 0. The second-order valence-corrected chi connectivity index (χ2v) is 8.62. The smallest absolute Gasteiger partial charge is 0.130 e. The Labute approximate surface area is 224 Å². The third-order valence-electron chi connectivity index (χ3n) is 5.84. The Morgan fingerprint density at radius 3 is 1.87 bits per heavy atom. The van der Waals surface area contributed by atoms with Gasteiger partial charge in [0, 0.05) is 23.3 Å². The minimum Gasteiger partial charge on any atom is -0.494 e. The van der Waals surface area contributed by atoms with E-state index in [0.717, 1.165) is 16.7 Å². The van der Waals surface area contributed by atoms with E-state index in [-0.39, 0.29) is 0 Å². The molecule has 0 amide bonds. The van der Waals surface area contributed by atoms with Crippen LogP contribution < -0.4 is 18.9 Å². The minimum absolute atomic E-state index is 0.416. The molecule has 0 bridgehead atoms. The van der Waals surface area contributed by atoms with Gasteiger partial charge in [0.05, 0.1) is 13.2 Å². The zero-order chi connectivity index (χ0) is 26.6. The third kappa shape index (κ3) is 7.64. The number of aliphatic hydroxyl groups is 1. The van der Waals surface area contributed by atoms with Crippen molar-refractivity contribution in [3.05, 3.63) is 125 Å².